The summed E-state index contributed by atoms with van der Waals surface area (Å²) in [4.78, 5) is 112. The maximum Gasteiger partial charge on any atom is 0.322 e. The minimum atomic E-state index is -1.33. The molecule has 6 amide bonds. The number of nitrogens with two attached hydrogens (primary N) is 2. The van der Waals surface area contributed by atoms with E-state index in [0.29, 0.717) is 17.1 Å². The van der Waals surface area contributed by atoms with Gasteiger partial charge >= 0.3 is 11.9 Å². The van der Waals surface area contributed by atoms with Gasteiger partial charge in [-0.1, -0.05) is 0 Å². The summed E-state index contributed by atoms with van der Waals surface area (Å²) in [5, 5.41) is 43.3. The lowest BCUT2D eigenvalue weighted by molar-refractivity contribution is -0.139. The SMILES string of the molecule is Cn1cc(NC(=O)c2cc(NC(=O)c3cc(NC(=O)c4cc(NC(=O)C(Cl)CSCC(NC(=O)CCC(N)C(=O)O)C(=O)NCC(=O)O)nn4C)cn3C)cn2C)cc1C(=O)CCC(=N)N. The zero-order valence-electron chi connectivity index (χ0n) is 36.0. The first-order chi connectivity index (χ1) is 31.0. The number of amides is 6. The molecule has 0 spiro atoms. The fourth-order valence-electron chi connectivity index (χ4n) is 6.04. The molecule has 66 heavy (non-hydrogen) atoms. The fourth-order valence-corrected chi connectivity index (χ4v) is 7.33. The van der Waals surface area contributed by atoms with Crippen molar-refractivity contribution in [1.29, 1.82) is 5.41 Å². The zero-order valence-corrected chi connectivity index (χ0v) is 37.5. The number of aliphatic carboxylic acids is 2. The van der Waals surface area contributed by atoms with Gasteiger partial charge in [-0.3, -0.25) is 53.2 Å². The number of ketones is 1. The summed E-state index contributed by atoms with van der Waals surface area (Å²) in [7, 11) is 6.29. The Morgan fingerprint density at radius 1 is 0.727 bits per heavy atom. The van der Waals surface area contributed by atoms with Crippen LogP contribution in [-0.4, -0.2) is 128 Å². The molecule has 354 valence electrons. The van der Waals surface area contributed by atoms with Crippen LogP contribution in [0.1, 0.15) is 67.6 Å². The van der Waals surface area contributed by atoms with Gasteiger partial charge in [-0.15, -0.1) is 11.6 Å². The predicted molar refractivity (Wildman–Crippen MR) is 242 cm³/mol. The van der Waals surface area contributed by atoms with Crippen molar-refractivity contribution in [2.45, 2.75) is 43.1 Å². The van der Waals surface area contributed by atoms with E-state index in [1.807, 2.05) is 0 Å². The molecule has 0 radical (unpaired) electrons. The molecule has 4 heterocycles. The van der Waals surface area contributed by atoms with Gasteiger partial charge in [0.15, 0.2) is 11.6 Å². The first-order valence-electron chi connectivity index (χ1n) is 19.7. The summed E-state index contributed by atoms with van der Waals surface area (Å²) in [6.45, 7) is -0.731. The number of anilines is 4. The number of halogens is 1. The van der Waals surface area contributed by atoms with Crippen LogP contribution < -0.4 is 43.4 Å². The van der Waals surface area contributed by atoms with Crippen molar-refractivity contribution >= 4 is 105 Å². The van der Waals surface area contributed by atoms with Crippen molar-refractivity contribution < 1.29 is 53.4 Å². The Bertz CT molecular complexity index is 2540. The van der Waals surface area contributed by atoms with Crippen LogP contribution >= 0.6 is 23.4 Å². The monoisotopic (exact) mass is 956 g/mol. The number of carbonyl (C=O) groups is 9. The first-order valence-corrected chi connectivity index (χ1v) is 21.2. The maximum absolute atomic E-state index is 13.3. The van der Waals surface area contributed by atoms with Crippen molar-refractivity contribution in [3.63, 3.8) is 0 Å². The summed E-state index contributed by atoms with van der Waals surface area (Å²) in [6, 6.07) is 3.11. The molecular weight excluding hydrogens is 908 g/mol. The number of aromatic nitrogens is 5. The lowest BCUT2D eigenvalue weighted by atomic mass is 10.1. The number of carbonyl (C=O) groups excluding carboxylic acids is 7. The van der Waals surface area contributed by atoms with Gasteiger partial charge in [-0.05, 0) is 24.6 Å². The third-order valence-electron chi connectivity index (χ3n) is 9.42. The number of rotatable bonds is 24. The van der Waals surface area contributed by atoms with Crippen molar-refractivity contribution in [2.24, 2.45) is 39.7 Å². The number of thioether (sulfide) groups is 1. The predicted octanol–water partition coefficient (Wildman–Crippen LogP) is 0.248. The summed E-state index contributed by atoms with van der Waals surface area (Å²) in [5.74, 6) is -7.26. The number of nitrogens with one attached hydrogen (secondary N) is 7. The molecule has 0 aromatic carbocycles. The molecule has 0 saturated heterocycles. The Balaban J connectivity index is 1.30. The Morgan fingerprint density at radius 2 is 1.24 bits per heavy atom. The smallest absolute Gasteiger partial charge is 0.322 e. The third kappa shape index (κ3) is 14.5. The van der Waals surface area contributed by atoms with Crippen molar-refractivity contribution in [1.82, 2.24) is 34.1 Å². The van der Waals surface area contributed by atoms with Gasteiger partial charge in [0.05, 0.1) is 28.6 Å². The lowest BCUT2D eigenvalue weighted by Crippen LogP contribution is -2.49. The molecule has 0 bridgehead atoms. The highest BCUT2D eigenvalue weighted by Gasteiger charge is 2.26. The second-order valence-corrected chi connectivity index (χ2v) is 16.3. The Hall–Kier alpha value is -7.45. The quantitative estimate of drug-likeness (QED) is 0.0194. The van der Waals surface area contributed by atoms with E-state index in [9.17, 15) is 43.2 Å². The first kappa shape index (κ1) is 51.2. The fraction of sp³-hybridized carbons (Fsp3) is 0.359. The summed E-state index contributed by atoms with van der Waals surface area (Å²) in [5.41, 5.74) is 12.4. The molecule has 27 heteroatoms. The van der Waals surface area contributed by atoms with Gasteiger partial charge in [0.25, 0.3) is 17.7 Å². The van der Waals surface area contributed by atoms with Gasteiger partial charge in [-0.25, -0.2) is 0 Å². The minimum absolute atomic E-state index is 0.0114. The van der Waals surface area contributed by atoms with Gasteiger partial charge in [0.2, 0.25) is 17.7 Å². The number of hydrogen-bond acceptors (Lipinski definition) is 13. The molecule has 25 nitrogen and oxygen atoms in total. The molecule has 4 aromatic heterocycles. The van der Waals surface area contributed by atoms with Crippen LogP contribution in [0.5, 0.6) is 0 Å². The molecule has 3 atom stereocenters. The number of aryl methyl sites for hydroxylation is 4. The number of carboxylic acids is 2. The van der Waals surface area contributed by atoms with E-state index in [1.165, 1.54) is 57.5 Å². The molecule has 0 aliphatic rings. The van der Waals surface area contributed by atoms with E-state index in [1.54, 1.807) is 31.9 Å². The average Bonchev–Trinajstić information content (AvgIpc) is 4.01. The largest absolute Gasteiger partial charge is 0.480 e. The zero-order chi connectivity index (χ0) is 49.0. The second-order valence-electron chi connectivity index (χ2n) is 14.7. The van der Waals surface area contributed by atoms with Crippen LogP contribution in [0.2, 0.25) is 0 Å². The van der Waals surface area contributed by atoms with E-state index in [0.717, 1.165) is 11.8 Å². The third-order valence-corrected chi connectivity index (χ3v) is 11.1. The van der Waals surface area contributed by atoms with E-state index < -0.39 is 71.4 Å². The number of alkyl halides is 1. The summed E-state index contributed by atoms with van der Waals surface area (Å²) < 4.78 is 5.73. The molecule has 4 aromatic rings. The molecule has 0 aliphatic carbocycles. The van der Waals surface area contributed by atoms with Crippen molar-refractivity contribution in [3.8, 4) is 0 Å². The topological polar surface area (TPSA) is 375 Å². The number of Topliss-reactive ketones (excluding diaryl/α,β-unsaturated/α-hetero) is 1. The number of hydrogen-bond donors (Lipinski definition) is 11. The van der Waals surface area contributed by atoms with E-state index in [2.05, 4.69) is 37.0 Å². The van der Waals surface area contributed by atoms with Crippen molar-refractivity contribution in [3.05, 3.63) is 65.6 Å². The van der Waals surface area contributed by atoms with Gasteiger partial charge in [0, 0.05) is 83.6 Å². The van der Waals surface area contributed by atoms with Gasteiger partial charge in [0.1, 0.15) is 41.1 Å². The summed E-state index contributed by atoms with van der Waals surface area (Å²) >= 11 is 7.29. The molecule has 13 N–H and O–H groups in total. The summed E-state index contributed by atoms with van der Waals surface area (Å²) in [6.07, 6.45) is 4.20. The van der Waals surface area contributed by atoms with Crippen LogP contribution in [0.25, 0.3) is 0 Å². The van der Waals surface area contributed by atoms with Crippen LogP contribution in [-0.2, 0) is 52.2 Å². The van der Waals surface area contributed by atoms with Gasteiger partial charge in [-0.2, -0.15) is 16.9 Å². The highest BCUT2D eigenvalue weighted by atomic mass is 35.5. The maximum atomic E-state index is 13.3. The number of carboxylic acid groups (broad SMARTS) is 2. The Labute approximate surface area is 384 Å². The molecule has 3 unspecified atom stereocenters. The Kier molecular flexibility index (Phi) is 17.8. The van der Waals surface area contributed by atoms with Crippen molar-refractivity contribution in [2.75, 3.05) is 39.3 Å². The lowest BCUT2D eigenvalue weighted by Gasteiger charge is -2.19. The van der Waals surface area contributed by atoms with E-state index >= 15 is 0 Å². The highest BCUT2D eigenvalue weighted by Crippen LogP contribution is 2.22. The number of nitrogens with zero attached hydrogens (tertiary/aromatic N) is 5. The Morgan fingerprint density at radius 3 is 1.76 bits per heavy atom. The molecule has 0 aliphatic heterocycles. The van der Waals surface area contributed by atoms with Gasteiger partial charge < -0.3 is 67.3 Å². The standard InChI is InChI=1S/C39H49ClN14O11S/c1-51-14-19(9-25(51)29(55)6-7-30(42)43)45-36(61)26-10-20(15-52(26)2)46-37(62)27-11-21(16-53(27)3)47-38(63)28-12-31(50-54(28)4)49-34(59)22(40)17-66-18-24(35(60)44-13-33(57)58)48-32(56)8-5-23(41)39(64)65/h9-12,14-16,22-24H,5-8,13,17-18,41H2,1-4H3,(H3,42,43)(H,44,60)(H,45,61)(H,46,62)(H,47,63)(H,48,56)(H,57,58)(H,64,65)(H,49,50,59). The minimum Gasteiger partial charge on any atom is -0.480 e. The highest BCUT2D eigenvalue weighted by molar-refractivity contribution is 7.99. The molecular formula is C39H49ClN14O11S. The average molecular weight is 957 g/mol. The number of amidine groups is 1. The molecule has 0 saturated carbocycles. The second kappa shape index (κ2) is 22.9. The van der Waals surface area contributed by atoms with Crippen LogP contribution in [0, 0.1) is 5.41 Å². The van der Waals surface area contributed by atoms with Crippen LogP contribution in [0.3, 0.4) is 0 Å². The normalized spacial score (nSPS) is 12.3. The van der Waals surface area contributed by atoms with Crippen LogP contribution in [0.15, 0.2) is 42.9 Å². The van der Waals surface area contributed by atoms with E-state index in [-0.39, 0.29) is 77.4 Å². The van der Waals surface area contributed by atoms with E-state index in [4.69, 9.17) is 38.7 Å². The van der Waals surface area contributed by atoms with Crippen LogP contribution in [0.4, 0.5) is 22.9 Å². The molecule has 4 rings (SSSR count). The molecule has 0 fully saturated rings.